The molecule has 2 rings (SSSR count). The summed E-state index contributed by atoms with van der Waals surface area (Å²) in [5, 5.41) is 3.57. The molecule has 0 aliphatic rings. The van der Waals surface area contributed by atoms with Crippen molar-refractivity contribution in [3.63, 3.8) is 0 Å². The highest BCUT2D eigenvalue weighted by Gasteiger charge is 2.15. The maximum absolute atomic E-state index is 5.77. The number of benzene rings is 1. The SMILES string of the molecule is CCNC(CCc1ccncc1)c1ccccc1OCC. The van der Waals surface area contributed by atoms with Crippen molar-refractivity contribution in [2.75, 3.05) is 13.2 Å². The van der Waals surface area contributed by atoms with Gasteiger partial charge in [0.25, 0.3) is 0 Å². The lowest BCUT2D eigenvalue weighted by atomic mass is 9.98. The summed E-state index contributed by atoms with van der Waals surface area (Å²) in [4.78, 5) is 4.07. The van der Waals surface area contributed by atoms with Crippen LogP contribution in [0.25, 0.3) is 0 Å². The molecule has 0 amide bonds. The van der Waals surface area contributed by atoms with E-state index in [1.807, 2.05) is 25.4 Å². The van der Waals surface area contributed by atoms with Crippen LogP contribution in [0.2, 0.25) is 0 Å². The van der Waals surface area contributed by atoms with E-state index >= 15 is 0 Å². The number of rotatable bonds is 8. The zero-order valence-corrected chi connectivity index (χ0v) is 12.9. The Bertz CT molecular complexity index is 528. The van der Waals surface area contributed by atoms with E-state index < -0.39 is 0 Å². The van der Waals surface area contributed by atoms with Crippen LogP contribution in [0.3, 0.4) is 0 Å². The third-order valence-corrected chi connectivity index (χ3v) is 3.52. The Hall–Kier alpha value is -1.87. The number of pyridine rings is 1. The minimum Gasteiger partial charge on any atom is -0.494 e. The molecule has 1 atom stereocenters. The molecule has 0 aliphatic heterocycles. The Balaban J connectivity index is 2.11. The summed E-state index contributed by atoms with van der Waals surface area (Å²) in [5.74, 6) is 0.987. The van der Waals surface area contributed by atoms with Crippen LogP contribution < -0.4 is 10.1 Å². The van der Waals surface area contributed by atoms with Crippen LogP contribution in [0.1, 0.15) is 37.4 Å². The van der Waals surface area contributed by atoms with E-state index in [1.165, 1.54) is 11.1 Å². The number of aromatic nitrogens is 1. The summed E-state index contributed by atoms with van der Waals surface area (Å²) in [6, 6.07) is 12.8. The molecule has 3 nitrogen and oxygen atoms in total. The van der Waals surface area contributed by atoms with Crippen LogP contribution in [0.5, 0.6) is 5.75 Å². The second kappa shape index (κ2) is 8.42. The number of aryl methyl sites for hydroxylation is 1. The highest BCUT2D eigenvalue weighted by atomic mass is 16.5. The Kier molecular flexibility index (Phi) is 6.22. The summed E-state index contributed by atoms with van der Waals surface area (Å²) in [7, 11) is 0. The van der Waals surface area contributed by atoms with E-state index in [2.05, 4.69) is 47.6 Å². The molecular formula is C18H24N2O. The molecule has 1 aromatic heterocycles. The van der Waals surface area contributed by atoms with E-state index in [0.29, 0.717) is 12.6 Å². The zero-order chi connectivity index (χ0) is 14.9. The highest BCUT2D eigenvalue weighted by Crippen LogP contribution is 2.28. The summed E-state index contributed by atoms with van der Waals surface area (Å²) in [5.41, 5.74) is 2.57. The quantitative estimate of drug-likeness (QED) is 0.801. The van der Waals surface area contributed by atoms with E-state index in [0.717, 1.165) is 25.1 Å². The zero-order valence-electron chi connectivity index (χ0n) is 12.9. The Morgan fingerprint density at radius 2 is 1.86 bits per heavy atom. The number of nitrogens with one attached hydrogen (secondary N) is 1. The average Bonchev–Trinajstić information content (AvgIpc) is 2.53. The van der Waals surface area contributed by atoms with Crippen molar-refractivity contribution in [1.82, 2.24) is 10.3 Å². The first-order valence-corrected chi connectivity index (χ1v) is 7.69. The van der Waals surface area contributed by atoms with Gasteiger partial charge in [0.2, 0.25) is 0 Å². The fraction of sp³-hybridized carbons (Fsp3) is 0.389. The van der Waals surface area contributed by atoms with Gasteiger partial charge in [-0.15, -0.1) is 0 Å². The number of ether oxygens (including phenoxy) is 1. The molecule has 0 spiro atoms. The molecule has 0 saturated carbocycles. The fourth-order valence-electron chi connectivity index (χ4n) is 2.53. The van der Waals surface area contributed by atoms with E-state index in [1.54, 1.807) is 0 Å². The van der Waals surface area contributed by atoms with Crippen molar-refractivity contribution < 1.29 is 4.74 Å². The van der Waals surface area contributed by atoms with Gasteiger partial charge < -0.3 is 10.1 Å². The van der Waals surface area contributed by atoms with Crippen LogP contribution in [-0.2, 0) is 6.42 Å². The standard InChI is InChI=1S/C18H24N2O/c1-3-20-17(10-9-15-11-13-19-14-12-15)16-7-5-6-8-18(16)21-4-2/h5-8,11-14,17,20H,3-4,9-10H2,1-2H3. The normalized spacial score (nSPS) is 12.1. The largest absolute Gasteiger partial charge is 0.494 e. The molecule has 1 heterocycles. The molecule has 3 heteroatoms. The maximum atomic E-state index is 5.77. The van der Waals surface area contributed by atoms with Crippen LogP contribution in [0.15, 0.2) is 48.8 Å². The second-order valence-electron chi connectivity index (χ2n) is 4.98. The Labute approximate surface area is 127 Å². The van der Waals surface area contributed by atoms with Gasteiger partial charge in [-0.05, 0) is 50.1 Å². The monoisotopic (exact) mass is 284 g/mol. The first-order valence-electron chi connectivity index (χ1n) is 7.69. The van der Waals surface area contributed by atoms with Crippen molar-refractivity contribution in [1.29, 1.82) is 0 Å². The van der Waals surface area contributed by atoms with E-state index in [9.17, 15) is 0 Å². The molecule has 0 aliphatic carbocycles. The smallest absolute Gasteiger partial charge is 0.124 e. The van der Waals surface area contributed by atoms with Gasteiger partial charge >= 0.3 is 0 Å². The molecule has 1 unspecified atom stereocenters. The lowest BCUT2D eigenvalue weighted by molar-refractivity contribution is 0.330. The molecule has 0 radical (unpaired) electrons. The molecule has 0 bridgehead atoms. The molecule has 1 aromatic carbocycles. The van der Waals surface area contributed by atoms with Gasteiger partial charge in [0.15, 0.2) is 0 Å². The van der Waals surface area contributed by atoms with E-state index in [4.69, 9.17) is 4.74 Å². The lowest BCUT2D eigenvalue weighted by Crippen LogP contribution is -2.22. The van der Waals surface area contributed by atoms with Gasteiger partial charge in [-0.1, -0.05) is 25.1 Å². The highest BCUT2D eigenvalue weighted by molar-refractivity contribution is 5.36. The minimum absolute atomic E-state index is 0.311. The fourth-order valence-corrected chi connectivity index (χ4v) is 2.53. The second-order valence-corrected chi connectivity index (χ2v) is 4.98. The first kappa shape index (κ1) is 15.5. The summed E-state index contributed by atoms with van der Waals surface area (Å²) >= 11 is 0. The topological polar surface area (TPSA) is 34.2 Å². The number of hydrogen-bond acceptors (Lipinski definition) is 3. The Morgan fingerprint density at radius 1 is 1.10 bits per heavy atom. The lowest BCUT2D eigenvalue weighted by Gasteiger charge is -2.21. The number of para-hydroxylation sites is 1. The van der Waals surface area contributed by atoms with E-state index in [-0.39, 0.29) is 0 Å². The van der Waals surface area contributed by atoms with Gasteiger partial charge in [0.05, 0.1) is 6.61 Å². The molecule has 112 valence electrons. The summed E-state index contributed by atoms with van der Waals surface area (Å²) < 4.78 is 5.77. The van der Waals surface area contributed by atoms with Gasteiger partial charge in [-0.3, -0.25) is 4.98 Å². The summed E-state index contributed by atoms with van der Waals surface area (Å²) in [6.45, 7) is 5.81. The molecule has 21 heavy (non-hydrogen) atoms. The third kappa shape index (κ3) is 4.57. The van der Waals surface area contributed by atoms with Gasteiger partial charge in [-0.25, -0.2) is 0 Å². The minimum atomic E-state index is 0.311. The summed E-state index contributed by atoms with van der Waals surface area (Å²) in [6.07, 6.45) is 5.78. The van der Waals surface area contributed by atoms with Crippen LogP contribution in [0, 0.1) is 0 Å². The van der Waals surface area contributed by atoms with Gasteiger partial charge in [-0.2, -0.15) is 0 Å². The Morgan fingerprint density at radius 3 is 2.57 bits per heavy atom. The molecular weight excluding hydrogens is 260 g/mol. The van der Waals surface area contributed by atoms with Crippen LogP contribution in [0.4, 0.5) is 0 Å². The third-order valence-electron chi connectivity index (χ3n) is 3.52. The number of nitrogens with zero attached hydrogens (tertiary/aromatic N) is 1. The molecule has 2 aromatic rings. The van der Waals surface area contributed by atoms with Crippen molar-refractivity contribution in [3.8, 4) is 5.75 Å². The van der Waals surface area contributed by atoms with Crippen molar-refractivity contribution in [2.24, 2.45) is 0 Å². The van der Waals surface area contributed by atoms with Crippen LogP contribution >= 0.6 is 0 Å². The van der Waals surface area contributed by atoms with Crippen molar-refractivity contribution in [2.45, 2.75) is 32.7 Å². The van der Waals surface area contributed by atoms with Crippen molar-refractivity contribution in [3.05, 3.63) is 59.9 Å². The van der Waals surface area contributed by atoms with Crippen molar-refractivity contribution >= 4 is 0 Å². The first-order chi connectivity index (χ1) is 10.3. The maximum Gasteiger partial charge on any atom is 0.124 e. The number of hydrogen-bond donors (Lipinski definition) is 1. The predicted octanol–water partition coefficient (Wildman–Crippen LogP) is 3.76. The average molecular weight is 284 g/mol. The molecule has 1 N–H and O–H groups in total. The molecule has 0 fully saturated rings. The predicted molar refractivity (Wildman–Crippen MR) is 86.6 cm³/mol. The molecule has 0 saturated heterocycles. The van der Waals surface area contributed by atoms with Gasteiger partial charge in [0, 0.05) is 24.0 Å². The van der Waals surface area contributed by atoms with Crippen LogP contribution in [-0.4, -0.2) is 18.1 Å². The van der Waals surface area contributed by atoms with Gasteiger partial charge in [0.1, 0.15) is 5.75 Å².